The lowest BCUT2D eigenvalue weighted by Gasteiger charge is -2.05. The number of carbonyl (C=O) groups is 1. The van der Waals surface area contributed by atoms with Crippen LogP contribution in [-0.4, -0.2) is 5.43 Å². The number of carbonyl (C=O) groups excluding carboxylic acids is 1. The Morgan fingerprint density at radius 1 is 1.00 bits per heavy atom. The van der Waals surface area contributed by atoms with Crippen LogP contribution in [0.1, 0.15) is 25.3 Å². The minimum atomic E-state index is -0.821. The van der Waals surface area contributed by atoms with Gasteiger partial charge in [0.2, 0.25) is 0 Å². The zero-order chi connectivity index (χ0) is 14.4. The van der Waals surface area contributed by atoms with E-state index in [4.69, 9.17) is 16.3 Å². The maximum Gasteiger partial charge on any atom is 0.409 e. The summed E-state index contributed by atoms with van der Waals surface area (Å²) in [6, 6.07) is 15.9. The highest BCUT2D eigenvalue weighted by molar-refractivity contribution is 6.61. The fraction of sp³-hybridized carbons (Fsp3) is 0.235. The Kier molecular flexibility index (Phi) is 5.19. The summed E-state index contributed by atoms with van der Waals surface area (Å²) in [4.78, 5) is 10.6. The lowest BCUT2D eigenvalue weighted by molar-refractivity contribution is 0.225. The first-order chi connectivity index (χ1) is 9.69. The van der Waals surface area contributed by atoms with Crippen molar-refractivity contribution in [2.45, 2.75) is 26.2 Å². The highest BCUT2D eigenvalue weighted by Crippen LogP contribution is 2.23. The second-order valence-corrected chi connectivity index (χ2v) is 4.97. The largest absolute Gasteiger partial charge is 0.415 e. The molecule has 0 unspecified atom stereocenters. The first-order valence-corrected chi connectivity index (χ1v) is 7.13. The minimum Gasteiger partial charge on any atom is -0.415 e. The molecule has 0 aromatic heterocycles. The number of aryl methyl sites for hydroxylation is 1. The fourth-order valence-corrected chi connectivity index (χ4v) is 2.14. The standard InChI is InChI=1S/C17H17ClO2/c1-2-3-4-13-5-7-14(8-6-13)15-9-11-16(12-10-15)20-17(18)19/h5-12H,2-4H2,1H3. The van der Waals surface area contributed by atoms with Crippen LogP contribution >= 0.6 is 11.6 Å². The Hall–Kier alpha value is -1.80. The molecule has 0 aliphatic rings. The molecule has 0 saturated heterocycles. The van der Waals surface area contributed by atoms with Crippen LogP contribution in [0.25, 0.3) is 11.1 Å². The summed E-state index contributed by atoms with van der Waals surface area (Å²) in [5.41, 5.74) is 2.77. The van der Waals surface area contributed by atoms with Gasteiger partial charge in [0, 0.05) is 11.6 Å². The maximum atomic E-state index is 10.6. The van der Waals surface area contributed by atoms with Crippen LogP contribution in [0.2, 0.25) is 0 Å². The van der Waals surface area contributed by atoms with Gasteiger partial charge in [-0.2, -0.15) is 0 Å². The van der Waals surface area contributed by atoms with Crippen molar-refractivity contribution in [1.82, 2.24) is 0 Å². The molecule has 0 atom stereocenters. The topological polar surface area (TPSA) is 26.3 Å². The lowest BCUT2D eigenvalue weighted by atomic mass is 10.0. The number of hydrogen-bond donors (Lipinski definition) is 0. The quantitative estimate of drug-likeness (QED) is 0.685. The highest BCUT2D eigenvalue weighted by Gasteiger charge is 2.02. The first kappa shape index (κ1) is 14.6. The number of benzene rings is 2. The Balaban J connectivity index is 2.09. The van der Waals surface area contributed by atoms with Gasteiger partial charge in [-0.05, 0) is 41.7 Å². The van der Waals surface area contributed by atoms with Gasteiger partial charge in [-0.3, -0.25) is 0 Å². The normalized spacial score (nSPS) is 10.3. The van der Waals surface area contributed by atoms with Gasteiger partial charge < -0.3 is 4.74 Å². The summed E-state index contributed by atoms with van der Waals surface area (Å²) in [7, 11) is 0. The van der Waals surface area contributed by atoms with Crippen LogP contribution in [0, 0.1) is 0 Å². The van der Waals surface area contributed by atoms with Gasteiger partial charge in [-0.15, -0.1) is 0 Å². The van der Waals surface area contributed by atoms with Crippen LogP contribution in [0.3, 0.4) is 0 Å². The molecule has 0 saturated carbocycles. The van der Waals surface area contributed by atoms with Crippen LogP contribution in [0.15, 0.2) is 48.5 Å². The van der Waals surface area contributed by atoms with E-state index in [2.05, 4.69) is 31.2 Å². The molecule has 0 aliphatic heterocycles. The molecule has 2 rings (SSSR count). The van der Waals surface area contributed by atoms with Crippen molar-refractivity contribution in [2.24, 2.45) is 0 Å². The Morgan fingerprint density at radius 3 is 2.05 bits per heavy atom. The van der Waals surface area contributed by atoms with Crippen LogP contribution < -0.4 is 4.74 Å². The van der Waals surface area contributed by atoms with Gasteiger partial charge in [0.25, 0.3) is 0 Å². The Labute approximate surface area is 124 Å². The molecule has 104 valence electrons. The first-order valence-electron chi connectivity index (χ1n) is 6.75. The molecule has 0 spiro atoms. The summed E-state index contributed by atoms with van der Waals surface area (Å²) in [5, 5.41) is 0. The molecule has 3 heteroatoms. The smallest absolute Gasteiger partial charge is 0.409 e. The lowest BCUT2D eigenvalue weighted by Crippen LogP contribution is -1.95. The van der Waals surface area contributed by atoms with Crippen molar-refractivity contribution >= 4 is 17.0 Å². The average molecular weight is 289 g/mol. The fourth-order valence-electron chi connectivity index (χ4n) is 2.05. The van der Waals surface area contributed by atoms with Crippen molar-refractivity contribution in [3.05, 3.63) is 54.1 Å². The van der Waals surface area contributed by atoms with E-state index in [1.165, 1.54) is 18.4 Å². The molecule has 2 aromatic rings. The van der Waals surface area contributed by atoms with Crippen molar-refractivity contribution < 1.29 is 9.53 Å². The van der Waals surface area contributed by atoms with Crippen molar-refractivity contribution in [3.8, 4) is 16.9 Å². The second-order valence-electron chi connectivity index (χ2n) is 4.66. The van der Waals surface area contributed by atoms with Crippen LogP contribution in [0.4, 0.5) is 4.79 Å². The van der Waals surface area contributed by atoms with Crippen LogP contribution in [0.5, 0.6) is 5.75 Å². The van der Waals surface area contributed by atoms with E-state index >= 15 is 0 Å². The molecule has 2 nitrogen and oxygen atoms in total. The molecule has 0 radical (unpaired) electrons. The summed E-state index contributed by atoms with van der Waals surface area (Å²) < 4.78 is 4.79. The summed E-state index contributed by atoms with van der Waals surface area (Å²) in [6.45, 7) is 2.20. The average Bonchev–Trinajstić information content (AvgIpc) is 2.46. The van der Waals surface area contributed by atoms with E-state index in [1.54, 1.807) is 12.1 Å². The van der Waals surface area contributed by atoms with Gasteiger partial charge in [0.05, 0.1) is 0 Å². The molecular weight excluding hydrogens is 272 g/mol. The molecule has 0 bridgehead atoms. The molecule has 2 aromatic carbocycles. The zero-order valence-electron chi connectivity index (χ0n) is 11.4. The maximum absolute atomic E-state index is 10.6. The van der Waals surface area contributed by atoms with E-state index in [1.807, 2.05) is 12.1 Å². The summed E-state index contributed by atoms with van der Waals surface area (Å²) in [6.07, 6.45) is 3.56. The molecule has 0 N–H and O–H groups in total. The van der Waals surface area contributed by atoms with Gasteiger partial charge in [-0.1, -0.05) is 49.7 Å². The molecule has 20 heavy (non-hydrogen) atoms. The van der Waals surface area contributed by atoms with E-state index in [0.29, 0.717) is 5.75 Å². The number of rotatable bonds is 5. The van der Waals surface area contributed by atoms with Crippen molar-refractivity contribution in [1.29, 1.82) is 0 Å². The monoisotopic (exact) mass is 288 g/mol. The van der Waals surface area contributed by atoms with E-state index in [9.17, 15) is 4.79 Å². The molecule has 0 aliphatic carbocycles. The third-order valence-corrected chi connectivity index (χ3v) is 3.24. The van der Waals surface area contributed by atoms with Gasteiger partial charge in [0.1, 0.15) is 5.75 Å². The predicted molar refractivity (Wildman–Crippen MR) is 82.4 cm³/mol. The third kappa shape index (κ3) is 4.10. The van der Waals surface area contributed by atoms with Crippen molar-refractivity contribution in [3.63, 3.8) is 0 Å². The Bertz CT molecular complexity index is 559. The third-order valence-electron chi connectivity index (χ3n) is 3.16. The van der Waals surface area contributed by atoms with Crippen molar-refractivity contribution in [2.75, 3.05) is 0 Å². The molecule has 0 heterocycles. The highest BCUT2D eigenvalue weighted by atomic mass is 35.5. The summed E-state index contributed by atoms with van der Waals surface area (Å²) in [5.74, 6) is 0.452. The van der Waals surface area contributed by atoms with Gasteiger partial charge in [0.15, 0.2) is 0 Å². The Morgan fingerprint density at radius 2 is 1.55 bits per heavy atom. The van der Waals surface area contributed by atoms with E-state index < -0.39 is 5.43 Å². The number of ether oxygens (including phenoxy) is 1. The molecular formula is C17H17ClO2. The van der Waals surface area contributed by atoms with Crippen LogP contribution in [-0.2, 0) is 6.42 Å². The van der Waals surface area contributed by atoms with E-state index in [0.717, 1.165) is 17.5 Å². The predicted octanol–water partition coefficient (Wildman–Crippen LogP) is 5.43. The molecule has 0 fully saturated rings. The minimum absolute atomic E-state index is 0.452. The van der Waals surface area contributed by atoms with Gasteiger partial charge >= 0.3 is 5.43 Å². The SMILES string of the molecule is CCCCc1ccc(-c2ccc(OC(=O)Cl)cc2)cc1. The second kappa shape index (κ2) is 7.11. The summed E-state index contributed by atoms with van der Waals surface area (Å²) >= 11 is 5.17. The number of halogens is 1. The van der Waals surface area contributed by atoms with E-state index in [-0.39, 0.29) is 0 Å². The molecule has 0 amide bonds. The zero-order valence-corrected chi connectivity index (χ0v) is 12.2. The van der Waals surface area contributed by atoms with Gasteiger partial charge in [-0.25, -0.2) is 4.79 Å². The number of unbranched alkanes of at least 4 members (excludes halogenated alkanes) is 1. The number of hydrogen-bond acceptors (Lipinski definition) is 2.